The smallest absolute Gasteiger partial charge is 0.157 e. The van der Waals surface area contributed by atoms with Gasteiger partial charge in [-0.15, -0.1) is 0 Å². The van der Waals surface area contributed by atoms with Crippen molar-refractivity contribution >= 4 is 17.0 Å². The average molecular weight is 290 g/mol. The molecule has 0 fully saturated rings. The van der Waals surface area contributed by atoms with Crippen molar-refractivity contribution in [2.75, 3.05) is 5.73 Å². The predicted octanol–water partition coefficient (Wildman–Crippen LogP) is 2.70. The summed E-state index contributed by atoms with van der Waals surface area (Å²) in [5.41, 5.74) is 11.4. The fraction of sp³-hybridized carbons (Fsp3) is 0.0625. The van der Waals surface area contributed by atoms with E-state index in [1.54, 1.807) is 17.2 Å². The van der Waals surface area contributed by atoms with Crippen LogP contribution in [-0.4, -0.2) is 24.7 Å². The fourth-order valence-electron chi connectivity index (χ4n) is 2.50. The first-order chi connectivity index (χ1) is 10.7. The van der Waals surface area contributed by atoms with E-state index in [0.717, 1.165) is 33.7 Å². The zero-order valence-electron chi connectivity index (χ0n) is 12.0. The third kappa shape index (κ3) is 1.85. The number of nitrogens with one attached hydrogen (secondary N) is 1. The Bertz CT molecular complexity index is 951. The third-order valence-electron chi connectivity index (χ3n) is 3.71. The summed E-state index contributed by atoms with van der Waals surface area (Å²) >= 11 is 0. The number of nitrogen functional groups attached to an aromatic ring is 1. The molecule has 3 heterocycles. The van der Waals surface area contributed by atoms with E-state index in [0.29, 0.717) is 5.82 Å². The number of pyridine rings is 1. The van der Waals surface area contributed by atoms with Gasteiger partial charge in [0.15, 0.2) is 5.65 Å². The van der Waals surface area contributed by atoms with Gasteiger partial charge >= 0.3 is 0 Å². The molecule has 6 nitrogen and oxygen atoms in total. The summed E-state index contributed by atoms with van der Waals surface area (Å²) in [5, 5.41) is 4.65. The van der Waals surface area contributed by atoms with Crippen LogP contribution in [0.25, 0.3) is 28.1 Å². The quantitative estimate of drug-likeness (QED) is 0.594. The summed E-state index contributed by atoms with van der Waals surface area (Å²) in [6.45, 7) is 1.96. The first kappa shape index (κ1) is 12.6. The van der Waals surface area contributed by atoms with Crippen LogP contribution in [0.15, 0.2) is 48.9 Å². The normalized spacial score (nSPS) is 11.1. The van der Waals surface area contributed by atoms with Crippen LogP contribution in [0.1, 0.15) is 5.56 Å². The molecule has 0 radical (unpaired) electrons. The molecule has 0 aliphatic heterocycles. The van der Waals surface area contributed by atoms with Crippen LogP contribution in [0.5, 0.6) is 0 Å². The average Bonchev–Trinajstić information content (AvgIpc) is 3.13. The maximum Gasteiger partial charge on any atom is 0.157 e. The van der Waals surface area contributed by atoms with Gasteiger partial charge in [-0.05, 0) is 25.1 Å². The molecule has 0 spiro atoms. The highest BCUT2D eigenvalue weighted by molar-refractivity contribution is 5.78. The zero-order chi connectivity index (χ0) is 15.1. The van der Waals surface area contributed by atoms with E-state index in [1.807, 2.05) is 43.3 Å². The summed E-state index contributed by atoms with van der Waals surface area (Å²) in [6, 6.07) is 11.8. The Balaban J connectivity index is 1.89. The molecule has 1 aromatic carbocycles. The standard InChI is InChI=1S/C16H14N6/c1-10-14(11-7-13-16(18-8-11)20-9-19-13)21-22(15(10)17)12-5-3-2-4-6-12/h2-9H,17H2,1H3,(H,18,19,20). The summed E-state index contributed by atoms with van der Waals surface area (Å²) in [7, 11) is 0. The van der Waals surface area contributed by atoms with Gasteiger partial charge in [0.1, 0.15) is 11.3 Å². The van der Waals surface area contributed by atoms with Crippen molar-refractivity contribution in [2.45, 2.75) is 6.92 Å². The molecule has 0 aliphatic carbocycles. The number of aromatic nitrogens is 5. The Morgan fingerprint density at radius 1 is 1.14 bits per heavy atom. The second-order valence-electron chi connectivity index (χ2n) is 5.10. The minimum Gasteiger partial charge on any atom is -0.383 e. The molecular weight excluding hydrogens is 276 g/mol. The van der Waals surface area contributed by atoms with Gasteiger partial charge in [-0.25, -0.2) is 14.6 Å². The Morgan fingerprint density at radius 3 is 2.77 bits per heavy atom. The number of fused-ring (bicyclic) bond motifs is 1. The molecular formula is C16H14N6. The van der Waals surface area contributed by atoms with Gasteiger partial charge in [-0.1, -0.05) is 18.2 Å². The fourth-order valence-corrected chi connectivity index (χ4v) is 2.50. The lowest BCUT2D eigenvalue weighted by molar-refractivity contribution is 0.895. The molecule has 0 bridgehead atoms. The number of para-hydroxylation sites is 1. The Morgan fingerprint density at radius 2 is 1.95 bits per heavy atom. The molecule has 0 aliphatic rings. The number of imidazole rings is 1. The molecule has 4 aromatic rings. The monoisotopic (exact) mass is 290 g/mol. The number of hydrogen-bond acceptors (Lipinski definition) is 4. The molecule has 0 saturated carbocycles. The molecule has 4 rings (SSSR count). The number of hydrogen-bond donors (Lipinski definition) is 2. The van der Waals surface area contributed by atoms with Gasteiger partial charge in [0.2, 0.25) is 0 Å². The summed E-state index contributed by atoms with van der Waals surface area (Å²) in [6.07, 6.45) is 3.41. The minimum absolute atomic E-state index is 0.628. The Labute approximate surface area is 126 Å². The van der Waals surface area contributed by atoms with Crippen molar-refractivity contribution in [1.29, 1.82) is 0 Å². The SMILES string of the molecule is Cc1c(-c2cnc3[nH]cnc3c2)nn(-c2ccccc2)c1N. The molecule has 0 amide bonds. The van der Waals surface area contributed by atoms with Crippen LogP contribution < -0.4 is 5.73 Å². The maximum atomic E-state index is 6.22. The van der Waals surface area contributed by atoms with Gasteiger partial charge in [0.25, 0.3) is 0 Å². The van der Waals surface area contributed by atoms with Crippen LogP contribution in [0.4, 0.5) is 5.82 Å². The number of nitrogens with zero attached hydrogens (tertiary/aromatic N) is 4. The molecule has 6 heteroatoms. The molecule has 3 N–H and O–H groups in total. The molecule has 108 valence electrons. The number of H-pyrrole nitrogens is 1. The summed E-state index contributed by atoms with van der Waals surface area (Å²) < 4.78 is 1.75. The van der Waals surface area contributed by atoms with Crippen LogP contribution in [0.2, 0.25) is 0 Å². The van der Waals surface area contributed by atoms with Gasteiger partial charge < -0.3 is 10.7 Å². The summed E-state index contributed by atoms with van der Waals surface area (Å²) in [4.78, 5) is 11.6. The van der Waals surface area contributed by atoms with E-state index >= 15 is 0 Å². The van der Waals surface area contributed by atoms with Gasteiger partial charge in [0.05, 0.1) is 17.7 Å². The Kier molecular flexibility index (Phi) is 2.69. The lowest BCUT2D eigenvalue weighted by Gasteiger charge is -2.02. The zero-order valence-corrected chi connectivity index (χ0v) is 12.0. The molecule has 0 unspecified atom stereocenters. The largest absolute Gasteiger partial charge is 0.383 e. The number of aromatic amines is 1. The van der Waals surface area contributed by atoms with Crippen molar-refractivity contribution in [3.63, 3.8) is 0 Å². The molecule has 22 heavy (non-hydrogen) atoms. The van der Waals surface area contributed by atoms with Crippen molar-refractivity contribution < 1.29 is 0 Å². The number of rotatable bonds is 2. The van der Waals surface area contributed by atoms with Gasteiger partial charge in [-0.3, -0.25) is 0 Å². The summed E-state index contributed by atoms with van der Waals surface area (Å²) in [5.74, 6) is 0.628. The van der Waals surface area contributed by atoms with E-state index in [9.17, 15) is 0 Å². The van der Waals surface area contributed by atoms with Crippen molar-refractivity contribution in [3.8, 4) is 16.9 Å². The molecule has 0 saturated heterocycles. The van der Waals surface area contributed by atoms with E-state index in [1.165, 1.54) is 0 Å². The van der Waals surface area contributed by atoms with Crippen LogP contribution in [-0.2, 0) is 0 Å². The first-order valence-corrected chi connectivity index (χ1v) is 6.94. The minimum atomic E-state index is 0.628. The second-order valence-corrected chi connectivity index (χ2v) is 5.10. The molecule has 3 aromatic heterocycles. The number of anilines is 1. The predicted molar refractivity (Wildman–Crippen MR) is 85.6 cm³/mol. The highest BCUT2D eigenvalue weighted by atomic mass is 15.3. The van der Waals surface area contributed by atoms with Crippen LogP contribution in [0.3, 0.4) is 0 Å². The third-order valence-corrected chi connectivity index (χ3v) is 3.71. The second kappa shape index (κ2) is 4.70. The highest BCUT2D eigenvalue weighted by Crippen LogP contribution is 2.29. The first-order valence-electron chi connectivity index (χ1n) is 6.94. The lowest BCUT2D eigenvalue weighted by Crippen LogP contribution is -2.01. The number of benzene rings is 1. The van der Waals surface area contributed by atoms with Crippen molar-refractivity contribution in [3.05, 3.63) is 54.5 Å². The topological polar surface area (TPSA) is 85.4 Å². The van der Waals surface area contributed by atoms with E-state index < -0.39 is 0 Å². The van der Waals surface area contributed by atoms with Gasteiger partial charge in [-0.2, -0.15) is 5.10 Å². The van der Waals surface area contributed by atoms with Crippen molar-refractivity contribution in [1.82, 2.24) is 24.7 Å². The van der Waals surface area contributed by atoms with Gasteiger partial charge in [0, 0.05) is 17.3 Å². The van der Waals surface area contributed by atoms with E-state index in [4.69, 9.17) is 5.73 Å². The maximum absolute atomic E-state index is 6.22. The Hall–Kier alpha value is -3.15. The van der Waals surface area contributed by atoms with Crippen LogP contribution >= 0.6 is 0 Å². The van der Waals surface area contributed by atoms with Crippen molar-refractivity contribution in [2.24, 2.45) is 0 Å². The van der Waals surface area contributed by atoms with E-state index in [-0.39, 0.29) is 0 Å². The molecule has 0 atom stereocenters. The lowest BCUT2D eigenvalue weighted by atomic mass is 10.1. The highest BCUT2D eigenvalue weighted by Gasteiger charge is 2.15. The van der Waals surface area contributed by atoms with E-state index in [2.05, 4.69) is 20.1 Å². The van der Waals surface area contributed by atoms with Crippen LogP contribution in [0, 0.1) is 6.92 Å². The number of nitrogens with two attached hydrogens (primary N) is 1.